The van der Waals surface area contributed by atoms with Crippen molar-refractivity contribution in [1.82, 2.24) is 0 Å². The summed E-state index contributed by atoms with van der Waals surface area (Å²) >= 11 is 0. The van der Waals surface area contributed by atoms with Crippen LogP contribution in [0.5, 0.6) is 0 Å². The average molecular weight is 244 g/mol. The van der Waals surface area contributed by atoms with Gasteiger partial charge in [0.1, 0.15) is 0 Å². The number of hydrogen-bond acceptors (Lipinski definition) is 2. The summed E-state index contributed by atoms with van der Waals surface area (Å²) in [4.78, 5) is 11.9. The van der Waals surface area contributed by atoms with Gasteiger partial charge in [-0.15, -0.1) is 0 Å². The van der Waals surface area contributed by atoms with Crippen LogP contribution in [-0.2, 0) is 0 Å². The Hall–Kier alpha value is -2.36. The second kappa shape index (κ2) is 5.31. The van der Waals surface area contributed by atoms with Crippen molar-refractivity contribution in [2.75, 3.05) is 17.7 Å². The zero-order chi connectivity index (χ0) is 13.0. The lowest BCUT2D eigenvalue weighted by molar-refractivity contribution is 0.102. The zero-order valence-electron chi connectivity index (χ0n) is 9.91. The quantitative estimate of drug-likeness (QED) is 0.871. The van der Waals surface area contributed by atoms with Gasteiger partial charge in [-0.3, -0.25) is 4.79 Å². The van der Waals surface area contributed by atoms with Crippen LogP contribution < -0.4 is 10.6 Å². The van der Waals surface area contributed by atoms with Gasteiger partial charge in [0.2, 0.25) is 0 Å². The van der Waals surface area contributed by atoms with E-state index in [1.807, 2.05) is 6.07 Å². The molecule has 0 saturated heterocycles. The largest absolute Gasteiger partial charge is 0.386 e. The third-order valence-electron chi connectivity index (χ3n) is 2.54. The Labute approximate surface area is 105 Å². The molecule has 1 amide bonds. The van der Waals surface area contributed by atoms with Gasteiger partial charge in [-0.2, -0.15) is 0 Å². The first-order valence-corrected chi connectivity index (χ1v) is 5.55. The molecule has 0 aliphatic rings. The SMILES string of the molecule is CNc1cccc(C(=O)Nc2ccccc2)c1F. The number of anilines is 2. The summed E-state index contributed by atoms with van der Waals surface area (Å²) in [7, 11) is 1.61. The van der Waals surface area contributed by atoms with Gasteiger partial charge >= 0.3 is 0 Å². The van der Waals surface area contributed by atoms with Gasteiger partial charge in [0.25, 0.3) is 5.91 Å². The first kappa shape index (κ1) is 12.1. The Kier molecular flexibility index (Phi) is 3.57. The summed E-state index contributed by atoms with van der Waals surface area (Å²) in [6.07, 6.45) is 0. The highest BCUT2D eigenvalue weighted by Gasteiger charge is 2.14. The number of para-hydroxylation sites is 1. The monoisotopic (exact) mass is 244 g/mol. The smallest absolute Gasteiger partial charge is 0.258 e. The molecule has 2 N–H and O–H groups in total. The highest BCUT2D eigenvalue weighted by molar-refractivity contribution is 6.05. The second-order valence-corrected chi connectivity index (χ2v) is 3.74. The van der Waals surface area contributed by atoms with Crippen LogP contribution >= 0.6 is 0 Å². The predicted octanol–water partition coefficient (Wildman–Crippen LogP) is 3.12. The van der Waals surface area contributed by atoms with Crippen molar-refractivity contribution in [3.05, 3.63) is 59.9 Å². The fraction of sp³-hybridized carbons (Fsp3) is 0.0714. The maximum atomic E-state index is 13.9. The molecule has 0 aromatic heterocycles. The third-order valence-corrected chi connectivity index (χ3v) is 2.54. The van der Waals surface area contributed by atoms with Crippen LogP contribution in [0.3, 0.4) is 0 Å². The van der Waals surface area contributed by atoms with Crippen molar-refractivity contribution in [1.29, 1.82) is 0 Å². The molecule has 0 atom stereocenters. The molecule has 0 spiro atoms. The first-order chi connectivity index (χ1) is 8.72. The molecule has 2 aromatic rings. The third kappa shape index (κ3) is 2.48. The minimum Gasteiger partial charge on any atom is -0.386 e. The standard InChI is InChI=1S/C14H13FN2O/c1-16-12-9-5-8-11(13(12)15)14(18)17-10-6-3-2-4-7-10/h2-9,16H,1H3,(H,17,18). The van der Waals surface area contributed by atoms with Crippen LogP contribution in [0.2, 0.25) is 0 Å². The molecule has 0 heterocycles. The lowest BCUT2D eigenvalue weighted by atomic mass is 10.1. The number of carbonyl (C=O) groups excluding carboxylic acids is 1. The minimum absolute atomic E-state index is 0.0192. The van der Waals surface area contributed by atoms with Gasteiger partial charge in [0.15, 0.2) is 5.82 Å². The predicted molar refractivity (Wildman–Crippen MR) is 70.3 cm³/mol. The maximum absolute atomic E-state index is 13.9. The van der Waals surface area contributed by atoms with Crippen LogP contribution in [0.25, 0.3) is 0 Å². The Morgan fingerprint density at radius 3 is 2.44 bits per heavy atom. The van der Waals surface area contributed by atoms with Gasteiger partial charge in [-0.25, -0.2) is 4.39 Å². The van der Waals surface area contributed by atoms with Crippen molar-refractivity contribution >= 4 is 17.3 Å². The van der Waals surface area contributed by atoms with Crippen LogP contribution in [0.15, 0.2) is 48.5 Å². The van der Waals surface area contributed by atoms with Gasteiger partial charge < -0.3 is 10.6 Å². The molecule has 0 radical (unpaired) electrons. The molecule has 4 heteroatoms. The van der Waals surface area contributed by atoms with E-state index in [0.717, 1.165) is 0 Å². The lowest BCUT2D eigenvalue weighted by Gasteiger charge is -2.08. The summed E-state index contributed by atoms with van der Waals surface area (Å²) in [6.45, 7) is 0. The van der Waals surface area contributed by atoms with E-state index in [1.165, 1.54) is 6.07 Å². The van der Waals surface area contributed by atoms with Crippen LogP contribution in [0.1, 0.15) is 10.4 Å². The summed E-state index contributed by atoms with van der Waals surface area (Å²) in [5.74, 6) is -1.01. The molecule has 0 fully saturated rings. The van der Waals surface area contributed by atoms with Gasteiger partial charge in [0.05, 0.1) is 11.3 Å². The van der Waals surface area contributed by atoms with Crippen molar-refractivity contribution in [2.45, 2.75) is 0 Å². The fourth-order valence-electron chi connectivity index (χ4n) is 1.62. The minimum atomic E-state index is -0.548. The van der Waals surface area contributed by atoms with E-state index in [9.17, 15) is 9.18 Å². The maximum Gasteiger partial charge on any atom is 0.258 e. The first-order valence-electron chi connectivity index (χ1n) is 5.55. The molecule has 0 aliphatic heterocycles. The number of nitrogens with one attached hydrogen (secondary N) is 2. The van der Waals surface area contributed by atoms with E-state index < -0.39 is 11.7 Å². The molecule has 0 saturated carbocycles. The number of carbonyl (C=O) groups is 1. The van der Waals surface area contributed by atoms with Gasteiger partial charge in [-0.05, 0) is 24.3 Å². The highest BCUT2D eigenvalue weighted by atomic mass is 19.1. The fourth-order valence-corrected chi connectivity index (χ4v) is 1.62. The van der Waals surface area contributed by atoms with Crippen molar-refractivity contribution in [3.63, 3.8) is 0 Å². The molecule has 0 aliphatic carbocycles. The molecular weight excluding hydrogens is 231 g/mol. The Bertz CT molecular complexity index is 555. The summed E-state index contributed by atoms with van der Waals surface area (Å²) in [5, 5.41) is 5.34. The van der Waals surface area contributed by atoms with E-state index in [2.05, 4.69) is 10.6 Å². The van der Waals surface area contributed by atoms with E-state index in [-0.39, 0.29) is 5.56 Å². The second-order valence-electron chi connectivity index (χ2n) is 3.74. The molecule has 0 bridgehead atoms. The number of amides is 1. The van der Waals surface area contributed by atoms with Crippen LogP contribution in [-0.4, -0.2) is 13.0 Å². The number of benzene rings is 2. The van der Waals surface area contributed by atoms with E-state index >= 15 is 0 Å². The Morgan fingerprint density at radius 2 is 1.78 bits per heavy atom. The van der Waals surface area contributed by atoms with Crippen LogP contribution in [0.4, 0.5) is 15.8 Å². The van der Waals surface area contributed by atoms with E-state index in [0.29, 0.717) is 11.4 Å². The van der Waals surface area contributed by atoms with E-state index in [4.69, 9.17) is 0 Å². The molecule has 2 rings (SSSR count). The molecule has 92 valence electrons. The zero-order valence-corrected chi connectivity index (χ0v) is 9.91. The van der Waals surface area contributed by atoms with E-state index in [1.54, 1.807) is 43.4 Å². The Morgan fingerprint density at radius 1 is 1.06 bits per heavy atom. The van der Waals surface area contributed by atoms with Crippen molar-refractivity contribution in [3.8, 4) is 0 Å². The van der Waals surface area contributed by atoms with Crippen LogP contribution in [0, 0.1) is 5.82 Å². The highest BCUT2D eigenvalue weighted by Crippen LogP contribution is 2.18. The van der Waals surface area contributed by atoms with Gasteiger partial charge in [-0.1, -0.05) is 24.3 Å². The Balaban J connectivity index is 2.24. The van der Waals surface area contributed by atoms with Crippen molar-refractivity contribution in [2.24, 2.45) is 0 Å². The molecule has 18 heavy (non-hydrogen) atoms. The molecule has 2 aromatic carbocycles. The molecule has 0 unspecified atom stereocenters. The summed E-state index contributed by atoms with van der Waals surface area (Å²) in [6, 6.07) is 13.6. The molecule has 3 nitrogen and oxygen atoms in total. The molecular formula is C14H13FN2O. The normalized spacial score (nSPS) is 9.89. The average Bonchev–Trinajstić information content (AvgIpc) is 2.40. The van der Waals surface area contributed by atoms with Gasteiger partial charge in [0, 0.05) is 12.7 Å². The van der Waals surface area contributed by atoms with Crippen molar-refractivity contribution < 1.29 is 9.18 Å². The summed E-state index contributed by atoms with van der Waals surface area (Å²) < 4.78 is 13.9. The summed E-state index contributed by atoms with van der Waals surface area (Å²) in [5.41, 5.74) is 0.957. The lowest BCUT2D eigenvalue weighted by Crippen LogP contribution is -2.14. The number of rotatable bonds is 3. The number of halogens is 1. The topological polar surface area (TPSA) is 41.1 Å². The number of hydrogen-bond donors (Lipinski definition) is 2.